The Balaban J connectivity index is 1.80. The van der Waals surface area contributed by atoms with Crippen LogP contribution in [0.5, 0.6) is 11.5 Å². The molecular weight excluding hydrogens is 428 g/mol. The quantitative estimate of drug-likeness (QED) is 0.630. The molecule has 2 aromatic carbocycles. The molecule has 0 radical (unpaired) electrons. The highest BCUT2D eigenvalue weighted by Crippen LogP contribution is 2.38. The molecule has 0 unspecified atom stereocenters. The molecular formula is C20H21BrN2O3S. The zero-order chi connectivity index (χ0) is 19.4. The van der Waals surface area contributed by atoms with Crippen LogP contribution >= 0.6 is 27.7 Å². The topological polar surface area (TPSA) is 59.6 Å². The van der Waals surface area contributed by atoms with E-state index >= 15 is 0 Å². The Morgan fingerprint density at radius 1 is 1.22 bits per heavy atom. The molecule has 27 heavy (non-hydrogen) atoms. The molecule has 5 nitrogen and oxygen atoms in total. The van der Waals surface area contributed by atoms with Gasteiger partial charge in [-0.2, -0.15) is 0 Å². The van der Waals surface area contributed by atoms with Crippen LogP contribution in [-0.4, -0.2) is 25.6 Å². The van der Waals surface area contributed by atoms with Gasteiger partial charge in [0.25, 0.3) is 5.91 Å². The monoisotopic (exact) mass is 448 g/mol. The second-order valence-electron chi connectivity index (χ2n) is 5.91. The molecule has 2 aromatic rings. The minimum Gasteiger partial charge on any atom is -0.493 e. The van der Waals surface area contributed by atoms with E-state index in [0.29, 0.717) is 16.4 Å². The van der Waals surface area contributed by atoms with Crippen molar-refractivity contribution < 1.29 is 14.3 Å². The first kappa shape index (κ1) is 19.6. The molecule has 2 N–H and O–H groups in total. The zero-order valence-corrected chi connectivity index (χ0v) is 17.7. The van der Waals surface area contributed by atoms with Crippen molar-refractivity contribution in [1.82, 2.24) is 5.32 Å². The van der Waals surface area contributed by atoms with Crippen molar-refractivity contribution in [2.24, 2.45) is 0 Å². The molecule has 1 aliphatic rings. The zero-order valence-electron chi connectivity index (χ0n) is 15.3. The number of nitrogens with one attached hydrogen (secondary N) is 2. The summed E-state index contributed by atoms with van der Waals surface area (Å²) >= 11 is 4.90. The van der Waals surface area contributed by atoms with Crippen LogP contribution in [-0.2, 0) is 11.2 Å². The van der Waals surface area contributed by atoms with Crippen molar-refractivity contribution in [3.8, 4) is 11.5 Å². The van der Waals surface area contributed by atoms with Gasteiger partial charge in [0.1, 0.15) is 0 Å². The summed E-state index contributed by atoms with van der Waals surface area (Å²) in [6.07, 6.45) is 2.81. The lowest BCUT2D eigenvalue weighted by molar-refractivity contribution is -0.116. The predicted molar refractivity (Wildman–Crippen MR) is 114 cm³/mol. The molecule has 1 amide bonds. The number of ether oxygens (including phenoxy) is 2. The number of anilines is 1. The number of benzene rings is 2. The second kappa shape index (κ2) is 8.71. The number of amides is 1. The van der Waals surface area contributed by atoms with E-state index in [9.17, 15) is 4.79 Å². The SMILES string of the molecule is CCc1ccc(N[C@H]2NC(=O)/C(=C/c3cc(Br)cc(OC)c3OC)S2)cc1. The average molecular weight is 449 g/mol. The van der Waals surface area contributed by atoms with Crippen molar-refractivity contribution in [1.29, 1.82) is 0 Å². The smallest absolute Gasteiger partial charge is 0.260 e. The lowest BCUT2D eigenvalue weighted by Gasteiger charge is -2.13. The van der Waals surface area contributed by atoms with Crippen LogP contribution in [0.3, 0.4) is 0 Å². The fraction of sp³-hybridized carbons (Fsp3) is 0.250. The normalized spacial score (nSPS) is 17.7. The van der Waals surface area contributed by atoms with Gasteiger partial charge < -0.3 is 20.1 Å². The van der Waals surface area contributed by atoms with Crippen molar-refractivity contribution in [2.75, 3.05) is 19.5 Å². The van der Waals surface area contributed by atoms with E-state index in [1.807, 2.05) is 30.3 Å². The third-order valence-corrected chi connectivity index (χ3v) is 5.64. The van der Waals surface area contributed by atoms with Crippen LogP contribution in [0.1, 0.15) is 18.1 Å². The van der Waals surface area contributed by atoms with Crippen LogP contribution in [0.15, 0.2) is 45.8 Å². The first-order chi connectivity index (χ1) is 13.0. The summed E-state index contributed by atoms with van der Waals surface area (Å²) in [5.41, 5.74) is 2.79. The number of carbonyl (C=O) groups is 1. The van der Waals surface area contributed by atoms with E-state index in [0.717, 1.165) is 22.1 Å². The van der Waals surface area contributed by atoms with Crippen LogP contribution in [0, 0.1) is 0 Å². The third kappa shape index (κ3) is 4.59. The number of hydrogen-bond donors (Lipinski definition) is 2. The average Bonchev–Trinajstić information content (AvgIpc) is 3.00. The number of rotatable bonds is 6. The maximum absolute atomic E-state index is 12.4. The van der Waals surface area contributed by atoms with Crippen molar-refractivity contribution in [3.05, 3.63) is 56.9 Å². The van der Waals surface area contributed by atoms with Crippen molar-refractivity contribution in [2.45, 2.75) is 18.8 Å². The molecule has 0 saturated carbocycles. The predicted octanol–water partition coefficient (Wildman–Crippen LogP) is 4.63. The molecule has 3 rings (SSSR count). The highest BCUT2D eigenvalue weighted by Gasteiger charge is 2.27. The van der Waals surface area contributed by atoms with Gasteiger partial charge in [-0.15, -0.1) is 0 Å². The fourth-order valence-corrected chi connectivity index (χ4v) is 4.19. The van der Waals surface area contributed by atoms with Gasteiger partial charge in [0, 0.05) is 15.7 Å². The van der Waals surface area contributed by atoms with Crippen molar-refractivity contribution in [3.63, 3.8) is 0 Å². The van der Waals surface area contributed by atoms with Gasteiger partial charge in [0.05, 0.1) is 19.1 Å². The first-order valence-electron chi connectivity index (χ1n) is 8.50. The third-order valence-electron chi connectivity index (χ3n) is 4.15. The van der Waals surface area contributed by atoms with Gasteiger partial charge in [-0.05, 0) is 42.3 Å². The molecule has 7 heteroatoms. The molecule has 0 aliphatic carbocycles. The van der Waals surface area contributed by atoms with Crippen LogP contribution < -0.4 is 20.1 Å². The first-order valence-corrected chi connectivity index (χ1v) is 10.2. The van der Waals surface area contributed by atoms with Gasteiger partial charge in [0.15, 0.2) is 17.0 Å². The molecule has 1 saturated heterocycles. The number of aryl methyl sites for hydroxylation is 1. The Kier molecular flexibility index (Phi) is 6.34. The highest BCUT2D eigenvalue weighted by molar-refractivity contribution is 9.10. The van der Waals surface area contributed by atoms with Gasteiger partial charge in [-0.3, -0.25) is 4.79 Å². The maximum atomic E-state index is 12.4. The van der Waals surface area contributed by atoms with Crippen molar-refractivity contribution >= 4 is 45.4 Å². The van der Waals surface area contributed by atoms with Gasteiger partial charge >= 0.3 is 0 Å². The largest absolute Gasteiger partial charge is 0.493 e. The molecule has 1 atom stereocenters. The second-order valence-corrected chi connectivity index (χ2v) is 7.97. The highest BCUT2D eigenvalue weighted by atomic mass is 79.9. The molecule has 0 spiro atoms. The van der Waals surface area contributed by atoms with Crippen LogP contribution in [0.25, 0.3) is 6.08 Å². The Morgan fingerprint density at radius 3 is 2.59 bits per heavy atom. The lowest BCUT2D eigenvalue weighted by Crippen LogP contribution is -2.30. The summed E-state index contributed by atoms with van der Waals surface area (Å²) in [6.45, 7) is 2.12. The number of methoxy groups -OCH3 is 2. The molecule has 0 bridgehead atoms. The van der Waals surface area contributed by atoms with Crippen LogP contribution in [0.2, 0.25) is 0 Å². The van der Waals surface area contributed by atoms with E-state index in [1.165, 1.54) is 17.3 Å². The molecule has 1 heterocycles. The van der Waals surface area contributed by atoms with Crippen LogP contribution in [0.4, 0.5) is 5.69 Å². The van der Waals surface area contributed by atoms with E-state index in [-0.39, 0.29) is 11.4 Å². The summed E-state index contributed by atoms with van der Waals surface area (Å²) in [5, 5.41) is 6.27. The van der Waals surface area contributed by atoms with E-state index in [4.69, 9.17) is 9.47 Å². The molecule has 0 aromatic heterocycles. The number of thioether (sulfide) groups is 1. The van der Waals surface area contributed by atoms with E-state index in [1.54, 1.807) is 14.2 Å². The molecule has 142 valence electrons. The summed E-state index contributed by atoms with van der Waals surface area (Å²) in [6, 6.07) is 11.9. The minimum absolute atomic E-state index is 0.122. The number of carbonyl (C=O) groups excluding carboxylic acids is 1. The van der Waals surface area contributed by atoms with Gasteiger partial charge in [-0.1, -0.05) is 46.7 Å². The Labute approximate surface area is 171 Å². The Bertz CT molecular complexity index is 868. The fourth-order valence-electron chi connectivity index (χ4n) is 2.76. The maximum Gasteiger partial charge on any atom is 0.260 e. The van der Waals surface area contributed by atoms with Gasteiger partial charge in [-0.25, -0.2) is 0 Å². The lowest BCUT2D eigenvalue weighted by atomic mass is 10.1. The molecule has 1 aliphatic heterocycles. The summed E-state index contributed by atoms with van der Waals surface area (Å²) in [7, 11) is 3.17. The Hall–Kier alpha value is -2.12. The number of halogens is 1. The van der Waals surface area contributed by atoms with E-state index in [2.05, 4.69) is 45.6 Å². The standard InChI is InChI=1S/C20H21BrN2O3S/c1-4-12-5-7-15(8-6-12)22-20-23-19(24)17(27-20)10-13-9-14(21)11-16(25-2)18(13)26-3/h5-11,20,22H,4H2,1-3H3,(H,23,24)/b17-10-/t20-/m0/s1. The molecule has 1 fully saturated rings. The minimum atomic E-state index is -0.226. The summed E-state index contributed by atoms with van der Waals surface area (Å²) in [4.78, 5) is 13.0. The number of hydrogen-bond acceptors (Lipinski definition) is 5. The Morgan fingerprint density at radius 2 is 1.96 bits per heavy atom. The summed E-state index contributed by atoms with van der Waals surface area (Å²) in [5.74, 6) is 1.07. The summed E-state index contributed by atoms with van der Waals surface area (Å²) < 4.78 is 11.7. The van der Waals surface area contributed by atoms with Gasteiger partial charge in [0.2, 0.25) is 0 Å². The van der Waals surface area contributed by atoms with E-state index < -0.39 is 0 Å².